The summed E-state index contributed by atoms with van der Waals surface area (Å²) in [4.78, 5) is 62.2. The van der Waals surface area contributed by atoms with E-state index in [1.165, 1.54) is 36.4 Å². The Morgan fingerprint density at radius 1 is 1.06 bits per heavy atom. The van der Waals surface area contributed by atoms with Crippen molar-refractivity contribution in [2.75, 3.05) is 5.32 Å². The number of carbonyl (C=O) groups excluding carboxylic acids is 4. The van der Waals surface area contributed by atoms with Crippen molar-refractivity contribution in [1.29, 1.82) is 0 Å². The zero-order valence-electron chi connectivity index (χ0n) is 17.6. The number of anilines is 1. The van der Waals surface area contributed by atoms with Gasteiger partial charge in [-0.1, -0.05) is 41.9 Å². The number of phenolic OH excluding ortho intramolecular Hbond substituents is 1. The molecule has 0 saturated carbocycles. The van der Waals surface area contributed by atoms with Crippen LogP contribution in [0.3, 0.4) is 0 Å². The van der Waals surface area contributed by atoms with Gasteiger partial charge in [-0.25, -0.2) is 4.79 Å². The second kappa shape index (κ2) is 9.35. The summed E-state index contributed by atoms with van der Waals surface area (Å²) in [5.74, 6) is -6.49. The van der Waals surface area contributed by atoms with E-state index in [0.717, 1.165) is 18.2 Å². The maximum Gasteiger partial charge on any atom is 0.339 e. The van der Waals surface area contributed by atoms with E-state index in [9.17, 15) is 34.4 Å². The largest absolute Gasteiger partial charge is 0.507 e. The van der Waals surface area contributed by atoms with E-state index in [0.29, 0.717) is 0 Å². The lowest BCUT2D eigenvalue weighted by molar-refractivity contribution is -0.384. The minimum atomic E-state index is -1.83. The summed E-state index contributed by atoms with van der Waals surface area (Å²) in [5, 5.41) is 23.1. The van der Waals surface area contributed by atoms with Crippen LogP contribution in [0.25, 0.3) is 0 Å². The molecule has 3 aromatic carbocycles. The Labute approximate surface area is 202 Å². The predicted molar refractivity (Wildman–Crippen MR) is 122 cm³/mol. The van der Waals surface area contributed by atoms with Crippen LogP contribution in [-0.2, 0) is 14.3 Å². The van der Waals surface area contributed by atoms with Crippen LogP contribution in [-0.4, -0.2) is 33.5 Å². The number of carbonyl (C=O) groups is 4. The summed E-state index contributed by atoms with van der Waals surface area (Å²) < 4.78 is 5.32. The average Bonchev–Trinajstić information content (AvgIpc) is 3.16. The first kappa shape index (κ1) is 23.6. The number of hydrogen-bond acceptors (Lipinski definition) is 8. The molecular weight excluding hydrogens is 480 g/mol. The van der Waals surface area contributed by atoms with Crippen molar-refractivity contribution in [3.8, 4) is 5.75 Å². The molecule has 1 heterocycles. The SMILES string of the molecule is O=C(Nc1ccc([N+](=O)[O-])cc1Cl)C(=O)[C@@H](C(=O)c1ccccc1O)[C@@H]1OC(=O)c2ccccc21. The minimum Gasteiger partial charge on any atom is -0.507 e. The number of amides is 1. The number of nitrogens with zero attached hydrogens (tertiary/aromatic N) is 1. The third-order valence-electron chi connectivity index (χ3n) is 5.39. The summed E-state index contributed by atoms with van der Waals surface area (Å²) in [6.45, 7) is 0. The molecule has 1 amide bonds. The number of benzene rings is 3. The van der Waals surface area contributed by atoms with Crippen LogP contribution in [0, 0.1) is 16.0 Å². The number of Topliss-reactive ketones (excluding diaryl/α,β-unsaturated/α-hetero) is 2. The number of cyclic esters (lactones) is 1. The molecule has 4 rings (SSSR count). The number of non-ortho nitro benzene ring substituents is 1. The molecule has 35 heavy (non-hydrogen) atoms. The van der Waals surface area contributed by atoms with E-state index in [2.05, 4.69) is 5.32 Å². The summed E-state index contributed by atoms with van der Waals surface area (Å²) in [7, 11) is 0. The van der Waals surface area contributed by atoms with Crippen LogP contribution >= 0.6 is 11.6 Å². The van der Waals surface area contributed by atoms with Gasteiger partial charge in [0.25, 0.3) is 11.6 Å². The van der Waals surface area contributed by atoms with Gasteiger partial charge in [0.2, 0.25) is 5.78 Å². The Hall–Kier alpha value is -4.57. The molecule has 2 N–H and O–H groups in total. The van der Waals surface area contributed by atoms with E-state index in [1.807, 2.05) is 0 Å². The predicted octanol–water partition coefficient (Wildman–Crippen LogP) is 3.87. The molecule has 0 spiro atoms. The maximum atomic E-state index is 13.4. The molecule has 10 nitrogen and oxygen atoms in total. The Morgan fingerprint density at radius 2 is 1.74 bits per heavy atom. The van der Waals surface area contributed by atoms with Crippen molar-refractivity contribution in [3.05, 3.63) is 98.6 Å². The standard InChI is InChI=1S/C24H15ClN2O8/c25-16-11-12(27(33)34)9-10-17(16)26-23(31)21(30)19(20(29)15-7-3-4-8-18(15)28)22-13-5-1-2-6-14(13)24(32)35-22/h1-11,19,22,28H,(H,26,31)/t19-,22-/m1/s1. The highest BCUT2D eigenvalue weighted by atomic mass is 35.5. The minimum absolute atomic E-state index is 0.104. The van der Waals surface area contributed by atoms with Gasteiger partial charge in [0.05, 0.1) is 26.8 Å². The van der Waals surface area contributed by atoms with Gasteiger partial charge >= 0.3 is 5.97 Å². The highest BCUT2D eigenvalue weighted by Crippen LogP contribution is 2.39. The zero-order valence-corrected chi connectivity index (χ0v) is 18.4. The van der Waals surface area contributed by atoms with Gasteiger partial charge < -0.3 is 15.2 Å². The molecule has 0 saturated heterocycles. The second-order valence-electron chi connectivity index (χ2n) is 7.51. The number of aromatic hydroxyl groups is 1. The van der Waals surface area contributed by atoms with Gasteiger partial charge in [0.1, 0.15) is 17.8 Å². The van der Waals surface area contributed by atoms with Crippen molar-refractivity contribution in [2.45, 2.75) is 6.10 Å². The number of phenols is 1. The van der Waals surface area contributed by atoms with Crippen LogP contribution < -0.4 is 5.32 Å². The van der Waals surface area contributed by atoms with Crippen LogP contribution in [0.2, 0.25) is 5.02 Å². The average molecular weight is 495 g/mol. The Morgan fingerprint density at radius 3 is 2.43 bits per heavy atom. The van der Waals surface area contributed by atoms with Gasteiger partial charge in [-0.3, -0.25) is 24.5 Å². The molecule has 11 heteroatoms. The van der Waals surface area contributed by atoms with Crippen LogP contribution in [0.1, 0.15) is 32.4 Å². The van der Waals surface area contributed by atoms with Crippen molar-refractivity contribution in [1.82, 2.24) is 0 Å². The van der Waals surface area contributed by atoms with Gasteiger partial charge in [-0.2, -0.15) is 0 Å². The van der Waals surface area contributed by atoms with E-state index < -0.39 is 46.1 Å². The molecule has 0 fully saturated rings. The van der Waals surface area contributed by atoms with Gasteiger partial charge in [-0.15, -0.1) is 0 Å². The third kappa shape index (κ3) is 4.46. The summed E-state index contributed by atoms with van der Waals surface area (Å²) in [5.41, 5.74) is -0.304. The number of nitrogens with one attached hydrogen (secondary N) is 1. The molecule has 0 unspecified atom stereocenters. The first-order chi connectivity index (χ1) is 16.7. The number of nitro groups is 1. The number of halogens is 1. The number of esters is 1. The first-order valence-corrected chi connectivity index (χ1v) is 10.5. The quantitative estimate of drug-likeness (QED) is 0.125. The lowest BCUT2D eigenvalue weighted by atomic mass is 9.84. The molecule has 0 aliphatic carbocycles. The van der Waals surface area contributed by atoms with E-state index in [-0.39, 0.29) is 33.1 Å². The number of nitro benzene ring substituents is 1. The van der Waals surface area contributed by atoms with Crippen LogP contribution in [0.15, 0.2) is 66.7 Å². The maximum absolute atomic E-state index is 13.4. The normalized spacial score (nSPS) is 15.0. The highest BCUT2D eigenvalue weighted by Gasteiger charge is 2.46. The van der Waals surface area contributed by atoms with E-state index in [4.69, 9.17) is 16.3 Å². The van der Waals surface area contributed by atoms with Crippen LogP contribution in [0.5, 0.6) is 5.75 Å². The number of hydrogen-bond donors (Lipinski definition) is 2. The summed E-state index contributed by atoms with van der Waals surface area (Å²) >= 11 is 5.99. The lowest BCUT2D eigenvalue weighted by Crippen LogP contribution is -2.38. The second-order valence-corrected chi connectivity index (χ2v) is 7.92. The lowest BCUT2D eigenvalue weighted by Gasteiger charge is -2.21. The number of fused-ring (bicyclic) bond motifs is 1. The molecule has 0 aromatic heterocycles. The number of ether oxygens (including phenoxy) is 1. The van der Waals surface area contributed by atoms with E-state index in [1.54, 1.807) is 12.1 Å². The molecule has 0 radical (unpaired) electrons. The fourth-order valence-corrected chi connectivity index (χ4v) is 3.93. The van der Waals surface area contributed by atoms with Gasteiger partial charge in [0, 0.05) is 17.7 Å². The fraction of sp³-hybridized carbons (Fsp3) is 0.0833. The molecule has 2 atom stereocenters. The van der Waals surface area contributed by atoms with Gasteiger partial charge in [0.15, 0.2) is 5.78 Å². The Bertz CT molecular complexity index is 1400. The third-order valence-corrected chi connectivity index (χ3v) is 5.71. The molecule has 0 bridgehead atoms. The van der Waals surface area contributed by atoms with Crippen molar-refractivity contribution >= 4 is 46.4 Å². The van der Waals surface area contributed by atoms with Crippen molar-refractivity contribution in [2.24, 2.45) is 5.92 Å². The summed E-state index contributed by atoms with van der Waals surface area (Å²) in [6.07, 6.45) is -1.42. The van der Waals surface area contributed by atoms with E-state index >= 15 is 0 Å². The van der Waals surface area contributed by atoms with Crippen molar-refractivity contribution < 1.29 is 33.9 Å². The smallest absolute Gasteiger partial charge is 0.339 e. The molecule has 1 aliphatic heterocycles. The fourth-order valence-electron chi connectivity index (χ4n) is 3.71. The highest BCUT2D eigenvalue weighted by molar-refractivity contribution is 6.46. The monoisotopic (exact) mass is 494 g/mol. The molecule has 1 aliphatic rings. The Balaban J connectivity index is 1.71. The van der Waals surface area contributed by atoms with Gasteiger partial charge in [-0.05, 0) is 24.3 Å². The zero-order chi connectivity index (χ0) is 25.3. The van der Waals surface area contributed by atoms with Crippen LogP contribution in [0.4, 0.5) is 11.4 Å². The number of para-hydroxylation sites is 1. The molecule has 3 aromatic rings. The topological polar surface area (TPSA) is 153 Å². The molecule has 176 valence electrons. The first-order valence-electron chi connectivity index (χ1n) is 10.1. The number of ketones is 2. The van der Waals surface area contributed by atoms with Crippen molar-refractivity contribution in [3.63, 3.8) is 0 Å². The molecular formula is C24H15ClN2O8. The summed E-state index contributed by atoms with van der Waals surface area (Å²) in [6, 6.07) is 14.7. The number of rotatable bonds is 7. The Kier molecular flexibility index (Phi) is 6.30.